The molecule has 0 heterocycles. The highest BCUT2D eigenvalue weighted by molar-refractivity contribution is 5.93. The van der Waals surface area contributed by atoms with E-state index in [4.69, 9.17) is 10.2 Å². The third kappa shape index (κ3) is 6.54. The molecule has 1 aromatic carbocycles. The van der Waals surface area contributed by atoms with Gasteiger partial charge in [-0.25, -0.2) is 9.59 Å². The minimum Gasteiger partial charge on any atom is -0.394 e. The molecule has 4 amide bonds. The summed E-state index contributed by atoms with van der Waals surface area (Å²) in [7, 11) is 0. The van der Waals surface area contributed by atoms with Crippen molar-refractivity contribution in [2.45, 2.75) is 32.9 Å². The number of aryl methyl sites for hydroxylation is 1. The molecule has 0 spiro atoms. The first-order chi connectivity index (χ1) is 10.8. The van der Waals surface area contributed by atoms with E-state index >= 15 is 0 Å². The van der Waals surface area contributed by atoms with E-state index in [1.165, 1.54) is 0 Å². The lowest BCUT2D eigenvalue weighted by atomic mass is 10.2. The third-order valence-electron chi connectivity index (χ3n) is 3.05. The number of hydrogen-bond acceptors (Lipinski definition) is 4. The Hall–Kier alpha value is -2.32. The Kier molecular flexibility index (Phi) is 7.30. The fraction of sp³-hybridized carbons (Fsp3) is 0.467. The van der Waals surface area contributed by atoms with Gasteiger partial charge >= 0.3 is 12.1 Å². The Morgan fingerprint density at radius 3 is 2.04 bits per heavy atom. The molecule has 0 bridgehead atoms. The van der Waals surface area contributed by atoms with E-state index in [0.717, 1.165) is 5.56 Å². The van der Waals surface area contributed by atoms with Crippen molar-refractivity contribution in [2.24, 2.45) is 0 Å². The molecule has 128 valence electrons. The highest BCUT2D eigenvalue weighted by Crippen LogP contribution is 2.20. The van der Waals surface area contributed by atoms with Crippen LogP contribution in [0.25, 0.3) is 0 Å². The van der Waals surface area contributed by atoms with Crippen LogP contribution in [0.1, 0.15) is 19.4 Å². The van der Waals surface area contributed by atoms with Gasteiger partial charge in [0.15, 0.2) is 0 Å². The molecule has 6 N–H and O–H groups in total. The van der Waals surface area contributed by atoms with Gasteiger partial charge in [-0.3, -0.25) is 0 Å². The maximum absolute atomic E-state index is 11.8. The molecular formula is C15H24N4O4. The van der Waals surface area contributed by atoms with Crippen molar-refractivity contribution in [3.63, 3.8) is 0 Å². The lowest BCUT2D eigenvalue weighted by molar-refractivity contribution is 0.229. The monoisotopic (exact) mass is 324 g/mol. The molecule has 2 atom stereocenters. The molecule has 0 fully saturated rings. The maximum Gasteiger partial charge on any atom is 0.319 e. The van der Waals surface area contributed by atoms with Gasteiger partial charge in [0.25, 0.3) is 0 Å². The van der Waals surface area contributed by atoms with Crippen LogP contribution in [0.2, 0.25) is 0 Å². The van der Waals surface area contributed by atoms with E-state index < -0.39 is 12.1 Å². The topological polar surface area (TPSA) is 123 Å². The number of aliphatic hydroxyl groups is 2. The largest absolute Gasteiger partial charge is 0.394 e. The first kappa shape index (κ1) is 18.7. The summed E-state index contributed by atoms with van der Waals surface area (Å²) in [6.45, 7) is 4.86. The van der Waals surface area contributed by atoms with E-state index in [1.807, 2.05) is 6.92 Å². The first-order valence-corrected chi connectivity index (χ1v) is 7.33. The van der Waals surface area contributed by atoms with E-state index in [0.29, 0.717) is 11.4 Å². The molecule has 0 aliphatic carbocycles. The Bertz CT molecular complexity index is 550. The van der Waals surface area contributed by atoms with Gasteiger partial charge in [0.2, 0.25) is 0 Å². The molecule has 1 aromatic rings. The Morgan fingerprint density at radius 1 is 1.00 bits per heavy atom. The number of rotatable bonds is 6. The summed E-state index contributed by atoms with van der Waals surface area (Å²) in [5.74, 6) is 0. The molecule has 8 nitrogen and oxygen atoms in total. The van der Waals surface area contributed by atoms with E-state index in [1.54, 1.807) is 32.0 Å². The second kappa shape index (κ2) is 8.96. The summed E-state index contributed by atoms with van der Waals surface area (Å²) in [6, 6.07) is 3.49. The molecular weight excluding hydrogens is 300 g/mol. The van der Waals surface area contributed by atoms with Gasteiger partial charge in [-0.2, -0.15) is 0 Å². The van der Waals surface area contributed by atoms with Gasteiger partial charge in [-0.1, -0.05) is 6.07 Å². The normalized spacial score (nSPS) is 12.9. The number of carbonyl (C=O) groups is 2. The number of carbonyl (C=O) groups excluding carboxylic acids is 2. The molecule has 0 radical (unpaired) electrons. The fourth-order valence-electron chi connectivity index (χ4n) is 1.70. The van der Waals surface area contributed by atoms with Gasteiger partial charge in [0, 0.05) is 11.4 Å². The predicted molar refractivity (Wildman–Crippen MR) is 88.6 cm³/mol. The van der Waals surface area contributed by atoms with Crippen molar-refractivity contribution in [1.29, 1.82) is 0 Å². The number of hydrogen-bond donors (Lipinski definition) is 6. The zero-order valence-electron chi connectivity index (χ0n) is 13.5. The molecule has 0 aliphatic heterocycles. The summed E-state index contributed by atoms with van der Waals surface area (Å²) >= 11 is 0. The third-order valence-corrected chi connectivity index (χ3v) is 3.05. The minimum absolute atomic E-state index is 0.155. The van der Waals surface area contributed by atoms with Gasteiger partial charge in [-0.05, 0) is 38.5 Å². The number of nitrogens with one attached hydrogen (secondary N) is 4. The lowest BCUT2D eigenvalue weighted by Crippen LogP contribution is -2.38. The highest BCUT2D eigenvalue weighted by Gasteiger charge is 2.10. The van der Waals surface area contributed by atoms with E-state index in [9.17, 15) is 9.59 Å². The van der Waals surface area contributed by atoms with Gasteiger partial charge in [0.1, 0.15) is 0 Å². The van der Waals surface area contributed by atoms with Gasteiger partial charge < -0.3 is 31.5 Å². The molecule has 1 rings (SSSR count). The van der Waals surface area contributed by atoms with Crippen LogP contribution < -0.4 is 21.3 Å². The van der Waals surface area contributed by atoms with Crippen molar-refractivity contribution < 1.29 is 19.8 Å². The van der Waals surface area contributed by atoms with Gasteiger partial charge in [0.05, 0.1) is 25.3 Å². The van der Waals surface area contributed by atoms with E-state index in [-0.39, 0.29) is 25.3 Å². The van der Waals surface area contributed by atoms with E-state index in [2.05, 4.69) is 21.3 Å². The zero-order chi connectivity index (χ0) is 17.4. The highest BCUT2D eigenvalue weighted by atomic mass is 16.3. The van der Waals surface area contributed by atoms with Crippen LogP contribution in [-0.4, -0.2) is 47.6 Å². The average molecular weight is 324 g/mol. The zero-order valence-corrected chi connectivity index (χ0v) is 13.5. The van der Waals surface area contributed by atoms with Crippen LogP contribution in [-0.2, 0) is 0 Å². The predicted octanol–water partition coefficient (Wildman–Crippen LogP) is 1.000. The van der Waals surface area contributed by atoms with Crippen LogP contribution in [0, 0.1) is 6.92 Å². The smallest absolute Gasteiger partial charge is 0.319 e. The summed E-state index contributed by atoms with van der Waals surface area (Å²) < 4.78 is 0. The number of benzene rings is 1. The maximum atomic E-state index is 11.8. The number of urea groups is 2. The summed E-state index contributed by atoms with van der Waals surface area (Å²) in [6.07, 6.45) is 0. The minimum atomic E-state index is -0.445. The number of anilines is 2. The summed E-state index contributed by atoms with van der Waals surface area (Å²) in [5, 5.41) is 28.3. The first-order valence-electron chi connectivity index (χ1n) is 7.33. The van der Waals surface area contributed by atoms with Crippen molar-refractivity contribution in [2.75, 3.05) is 23.8 Å². The quantitative estimate of drug-likeness (QED) is 0.467. The van der Waals surface area contributed by atoms with Crippen LogP contribution in [0.15, 0.2) is 18.2 Å². The Balaban J connectivity index is 2.71. The average Bonchev–Trinajstić information content (AvgIpc) is 2.50. The van der Waals surface area contributed by atoms with Crippen molar-refractivity contribution in [3.8, 4) is 0 Å². The van der Waals surface area contributed by atoms with Crippen molar-refractivity contribution in [1.82, 2.24) is 10.6 Å². The Morgan fingerprint density at radius 2 is 1.52 bits per heavy atom. The summed E-state index contributed by atoms with van der Waals surface area (Å²) in [4.78, 5) is 23.5. The molecule has 0 saturated heterocycles. The number of amides is 4. The molecule has 0 aromatic heterocycles. The summed E-state index contributed by atoms with van der Waals surface area (Å²) in [5.41, 5.74) is 1.87. The van der Waals surface area contributed by atoms with Crippen LogP contribution in [0.3, 0.4) is 0 Å². The Labute approximate surface area is 135 Å². The molecule has 0 saturated carbocycles. The van der Waals surface area contributed by atoms with Crippen LogP contribution in [0.5, 0.6) is 0 Å². The van der Waals surface area contributed by atoms with Gasteiger partial charge in [-0.15, -0.1) is 0 Å². The second-order valence-electron chi connectivity index (χ2n) is 5.39. The fourth-order valence-corrected chi connectivity index (χ4v) is 1.70. The van der Waals surface area contributed by atoms with Crippen LogP contribution in [0.4, 0.5) is 21.0 Å². The van der Waals surface area contributed by atoms with Crippen LogP contribution >= 0.6 is 0 Å². The standard InChI is InChI=1S/C15H24N4O4/c1-9-4-5-12(18-14(22)16-10(2)7-20)6-13(9)19-15(23)17-11(3)8-21/h4-6,10-11,20-21H,7-8H2,1-3H3,(H2,16,18,22)(H2,17,19,23)/t10-,11-/m1/s1. The lowest BCUT2D eigenvalue weighted by Gasteiger charge is -2.15. The van der Waals surface area contributed by atoms with Crippen molar-refractivity contribution in [3.05, 3.63) is 23.8 Å². The van der Waals surface area contributed by atoms with Crippen molar-refractivity contribution >= 4 is 23.4 Å². The number of aliphatic hydroxyl groups excluding tert-OH is 2. The molecule has 23 heavy (non-hydrogen) atoms. The molecule has 0 unspecified atom stereocenters. The molecule has 8 heteroatoms. The molecule has 0 aliphatic rings. The second-order valence-corrected chi connectivity index (χ2v) is 5.39. The SMILES string of the molecule is Cc1ccc(NC(=O)N[C@H](C)CO)cc1NC(=O)N[C@H](C)CO.